The molecule has 4 nitrogen and oxygen atoms in total. The van der Waals surface area contributed by atoms with Crippen molar-refractivity contribution in [3.63, 3.8) is 0 Å². The molecule has 0 unspecified atom stereocenters. The van der Waals surface area contributed by atoms with E-state index in [9.17, 15) is 27.2 Å². The highest BCUT2D eigenvalue weighted by atomic mass is 32.2. The first-order chi connectivity index (χ1) is 15.0. The Balaban J connectivity index is 1.81. The summed E-state index contributed by atoms with van der Waals surface area (Å²) < 4.78 is 52.7. The quantitative estimate of drug-likeness (QED) is 0.536. The van der Waals surface area contributed by atoms with Crippen molar-refractivity contribution in [2.24, 2.45) is 0 Å². The zero-order chi connectivity index (χ0) is 23.6. The maximum atomic E-state index is 13.2. The van der Waals surface area contributed by atoms with Crippen LogP contribution in [0.15, 0.2) is 48.5 Å². The third-order valence-corrected chi connectivity index (χ3v) is 6.70. The highest BCUT2D eigenvalue weighted by molar-refractivity contribution is 8.01. The first-order valence-corrected chi connectivity index (χ1v) is 11.1. The van der Waals surface area contributed by atoms with Crippen molar-refractivity contribution in [3.05, 3.63) is 71.0 Å². The Bertz CT molecular complexity index is 979. The molecule has 0 aliphatic carbocycles. The molecule has 2 amide bonds. The molecule has 32 heavy (non-hydrogen) atoms. The molecule has 0 spiro atoms. The smallest absolute Gasteiger partial charge is 0.334 e. The second-order valence-electron chi connectivity index (χ2n) is 7.88. The second-order valence-corrected chi connectivity index (χ2v) is 9.31. The van der Waals surface area contributed by atoms with Crippen LogP contribution in [0.3, 0.4) is 0 Å². The van der Waals surface area contributed by atoms with E-state index in [1.165, 1.54) is 47.0 Å². The van der Waals surface area contributed by atoms with Crippen LogP contribution in [0, 0.1) is 5.82 Å². The van der Waals surface area contributed by atoms with Crippen LogP contribution in [0.25, 0.3) is 0 Å². The first kappa shape index (κ1) is 24.1. The van der Waals surface area contributed by atoms with E-state index < -0.39 is 28.2 Å². The van der Waals surface area contributed by atoms with Gasteiger partial charge in [-0.25, -0.2) is 4.39 Å². The van der Waals surface area contributed by atoms with Gasteiger partial charge in [0.05, 0.1) is 10.8 Å². The predicted molar refractivity (Wildman–Crippen MR) is 116 cm³/mol. The van der Waals surface area contributed by atoms with Gasteiger partial charge in [-0.1, -0.05) is 12.1 Å². The average Bonchev–Trinajstić information content (AvgIpc) is 3.02. The number of nitrogens with zero attached hydrogens (tertiary/aromatic N) is 2. The van der Waals surface area contributed by atoms with Crippen LogP contribution in [0.2, 0.25) is 0 Å². The van der Waals surface area contributed by atoms with E-state index in [1.807, 2.05) is 13.8 Å². The molecular formula is C23H24F4N2O2S. The Morgan fingerprint density at radius 1 is 1.16 bits per heavy atom. The number of thioether (sulfide) groups is 1. The molecule has 1 fully saturated rings. The van der Waals surface area contributed by atoms with Gasteiger partial charge in [0, 0.05) is 24.7 Å². The maximum Gasteiger partial charge on any atom is 0.416 e. The number of benzene rings is 2. The van der Waals surface area contributed by atoms with Gasteiger partial charge in [0.15, 0.2) is 0 Å². The minimum absolute atomic E-state index is 0.169. The van der Waals surface area contributed by atoms with Gasteiger partial charge in [-0.05, 0) is 62.7 Å². The number of rotatable bonds is 6. The predicted octanol–water partition coefficient (Wildman–Crippen LogP) is 5.36. The molecule has 2 aromatic rings. The number of amides is 2. The van der Waals surface area contributed by atoms with E-state index in [1.54, 1.807) is 17.9 Å². The van der Waals surface area contributed by atoms with Gasteiger partial charge in [0.2, 0.25) is 5.91 Å². The Hall–Kier alpha value is -2.55. The normalized spacial score (nSPS) is 19.0. The summed E-state index contributed by atoms with van der Waals surface area (Å²) in [4.78, 5) is 28.8. The summed E-state index contributed by atoms with van der Waals surface area (Å²) >= 11 is 1.28. The van der Waals surface area contributed by atoms with Gasteiger partial charge < -0.3 is 9.80 Å². The van der Waals surface area contributed by atoms with E-state index in [2.05, 4.69) is 0 Å². The van der Waals surface area contributed by atoms with Crippen molar-refractivity contribution >= 4 is 23.6 Å². The van der Waals surface area contributed by atoms with Crippen molar-refractivity contribution in [1.29, 1.82) is 0 Å². The standard InChI is InChI=1S/C23H24F4N2O2S/c1-14(2)28(21(31)16-7-9-19(24)10-8-16)11-12-29-20(30)15(3)32-22(29)17-5-4-6-18(13-17)23(25,26)27/h4-10,13-15,22H,11-12H2,1-3H3/t15-,22+/m0/s1. The second kappa shape index (κ2) is 9.52. The summed E-state index contributed by atoms with van der Waals surface area (Å²) in [6.45, 7) is 5.74. The van der Waals surface area contributed by atoms with Gasteiger partial charge in [0.25, 0.3) is 5.91 Å². The van der Waals surface area contributed by atoms with Gasteiger partial charge in [-0.2, -0.15) is 13.2 Å². The van der Waals surface area contributed by atoms with Crippen molar-refractivity contribution < 1.29 is 27.2 Å². The van der Waals surface area contributed by atoms with Crippen molar-refractivity contribution in [2.75, 3.05) is 13.1 Å². The monoisotopic (exact) mass is 468 g/mol. The first-order valence-electron chi connectivity index (χ1n) is 10.2. The molecular weight excluding hydrogens is 444 g/mol. The number of alkyl halides is 3. The molecule has 0 N–H and O–H groups in total. The number of carbonyl (C=O) groups excluding carboxylic acids is 2. The Morgan fingerprint density at radius 2 is 1.81 bits per heavy atom. The minimum atomic E-state index is -4.48. The van der Waals surface area contributed by atoms with Crippen LogP contribution in [-0.4, -0.2) is 46.0 Å². The highest BCUT2D eigenvalue weighted by Crippen LogP contribution is 2.44. The molecule has 9 heteroatoms. The summed E-state index contributed by atoms with van der Waals surface area (Å²) in [7, 11) is 0. The van der Waals surface area contributed by atoms with Gasteiger partial charge in [0.1, 0.15) is 11.2 Å². The Morgan fingerprint density at radius 3 is 2.41 bits per heavy atom. The van der Waals surface area contributed by atoms with E-state index >= 15 is 0 Å². The molecule has 172 valence electrons. The molecule has 0 saturated carbocycles. The molecule has 3 rings (SSSR count). The molecule has 0 bridgehead atoms. The highest BCUT2D eigenvalue weighted by Gasteiger charge is 2.40. The van der Waals surface area contributed by atoms with E-state index in [-0.39, 0.29) is 30.9 Å². The lowest BCUT2D eigenvalue weighted by molar-refractivity contribution is -0.137. The lowest BCUT2D eigenvalue weighted by Crippen LogP contribution is -2.43. The molecule has 1 aliphatic rings. The third kappa shape index (κ3) is 5.26. The van der Waals surface area contributed by atoms with Crippen LogP contribution >= 0.6 is 11.8 Å². The van der Waals surface area contributed by atoms with Gasteiger partial charge >= 0.3 is 6.18 Å². The lowest BCUT2D eigenvalue weighted by atomic mass is 10.1. The fourth-order valence-electron chi connectivity index (χ4n) is 3.60. The van der Waals surface area contributed by atoms with Crippen LogP contribution in [0.5, 0.6) is 0 Å². The largest absolute Gasteiger partial charge is 0.416 e. The molecule has 1 heterocycles. The Kier molecular flexibility index (Phi) is 7.17. The van der Waals surface area contributed by atoms with Gasteiger partial charge in [-0.3, -0.25) is 9.59 Å². The van der Waals surface area contributed by atoms with Crippen molar-refractivity contribution in [2.45, 2.75) is 43.6 Å². The van der Waals surface area contributed by atoms with Crippen molar-refractivity contribution in [1.82, 2.24) is 9.80 Å². The average molecular weight is 469 g/mol. The lowest BCUT2D eigenvalue weighted by Gasteiger charge is -2.31. The van der Waals surface area contributed by atoms with E-state index in [0.29, 0.717) is 11.1 Å². The molecule has 1 saturated heterocycles. The third-order valence-electron chi connectivity index (χ3n) is 5.30. The number of halogens is 4. The van der Waals surface area contributed by atoms with Crippen LogP contribution in [0.4, 0.5) is 17.6 Å². The molecule has 0 radical (unpaired) electrons. The number of hydrogen-bond donors (Lipinski definition) is 0. The van der Waals surface area contributed by atoms with Crippen molar-refractivity contribution in [3.8, 4) is 0 Å². The fourth-order valence-corrected chi connectivity index (χ4v) is 4.90. The molecule has 2 aromatic carbocycles. The topological polar surface area (TPSA) is 40.6 Å². The summed E-state index contributed by atoms with van der Waals surface area (Å²) in [5.74, 6) is -0.937. The number of carbonyl (C=O) groups is 2. The van der Waals surface area contributed by atoms with Crippen LogP contribution in [-0.2, 0) is 11.0 Å². The number of hydrogen-bond acceptors (Lipinski definition) is 3. The van der Waals surface area contributed by atoms with Gasteiger partial charge in [-0.15, -0.1) is 11.8 Å². The van der Waals surface area contributed by atoms with Crippen LogP contribution in [0.1, 0.15) is 47.6 Å². The summed E-state index contributed by atoms with van der Waals surface area (Å²) in [6, 6.07) is 10.0. The maximum absolute atomic E-state index is 13.2. The zero-order valence-corrected chi connectivity index (χ0v) is 18.7. The Labute approximate surface area is 188 Å². The van der Waals surface area contributed by atoms with Crippen LogP contribution < -0.4 is 0 Å². The molecule has 0 aromatic heterocycles. The minimum Gasteiger partial charge on any atom is -0.334 e. The summed E-state index contributed by atoms with van der Waals surface area (Å²) in [5, 5.41) is -0.982. The SMILES string of the molecule is CC(C)N(CCN1C(=O)[C@H](C)S[C@@H]1c1cccc(C(F)(F)F)c1)C(=O)c1ccc(F)cc1. The van der Waals surface area contributed by atoms with E-state index in [4.69, 9.17) is 0 Å². The zero-order valence-electron chi connectivity index (χ0n) is 17.9. The molecule has 2 atom stereocenters. The fraction of sp³-hybridized carbons (Fsp3) is 0.391. The molecule has 1 aliphatic heterocycles. The van der Waals surface area contributed by atoms with E-state index in [0.717, 1.165) is 12.1 Å². The summed E-state index contributed by atoms with van der Waals surface area (Å²) in [6.07, 6.45) is -4.48. The summed E-state index contributed by atoms with van der Waals surface area (Å²) in [5.41, 5.74) is -0.0497.